The standard InChI is InChI=1S/C19H18F4N4O/c1-12-26-16-4-2-3-5-17(16)27(12)9-8-24-18(28)25-11-13-6-7-14(20)10-15(13)19(21,22)23/h2-7,10H,8-9,11H2,1H3,(H2,24,25,28). The number of aryl methyl sites for hydroxylation is 1. The Labute approximate surface area is 158 Å². The predicted molar refractivity (Wildman–Crippen MR) is 96.1 cm³/mol. The van der Waals surface area contributed by atoms with Crippen LogP contribution < -0.4 is 10.6 Å². The zero-order valence-corrected chi connectivity index (χ0v) is 15.0. The van der Waals surface area contributed by atoms with Gasteiger partial charge in [-0.25, -0.2) is 14.2 Å². The Morgan fingerprint density at radius 3 is 2.64 bits per heavy atom. The van der Waals surface area contributed by atoms with Gasteiger partial charge in [0.25, 0.3) is 0 Å². The number of urea groups is 1. The van der Waals surface area contributed by atoms with Crippen molar-refractivity contribution < 1.29 is 22.4 Å². The summed E-state index contributed by atoms with van der Waals surface area (Å²) < 4.78 is 54.0. The molecule has 5 nitrogen and oxygen atoms in total. The van der Waals surface area contributed by atoms with Crippen LogP contribution >= 0.6 is 0 Å². The van der Waals surface area contributed by atoms with Crippen LogP contribution in [0.5, 0.6) is 0 Å². The van der Waals surface area contributed by atoms with Gasteiger partial charge in [0, 0.05) is 19.6 Å². The molecular formula is C19H18F4N4O. The molecule has 3 rings (SSSR count). The van der Waals surface area contributed by atoms with Crippen molar-refractivity contribution in [3.63, 3.8) is 0 Å². The molecule has 0 aliphatic rings. The van der Waals surface area contributed by atoms with Crippen molar-refractivity contribution in [2.75, 3.05) is 6.54 Å². The summed E-state index contributed by atoms with van der Waals surface area (Å²) in [5.41, 5.74) is 0.470. The van der Waals surface area contributed by atoms with E-state index >= 15 is 0 Å². The van der Waals surface area contributed by atoms with Crippen LogP contribution in [0.4, 0.5) is 22.4 Å². The monoisotopic (exact) mass is 394 g/mol. The van der Waals surface area contributed by atoms with Gasteiger partial charge in [-0.2, -0.15) is 13.2 Å². The lowest BCUT2D eigenvalue weighted by Crippen LogP contribution is -2.37. The van der Waals surface area contributed by atoms with Crippen molar-refractivity contribution >= 4 is 17.1 Å². The van der Waals surface area contributed by atoms with Crippen LogP contribution in [0.2, 0.25) is 0 Å². The molecule has 2 aromatic carbocycles. The number of benzene rings is 2. The van der Waals surface area contributed by atoms with Crippen molar-refractivity contribution in [3.8, 4) is 0 Å². The van der Waals surface area contributed by atoms with Gasteiger partial charge in [-0.1, -0.05) is 18.2 Å². The molecule has 0 unspecified atom stereocenters. The van der Waals surface area contributed by atoms with Crippen molar-refractivity contribution in [2.45, 2.75) is 26.2 Å². The summed E-state index contributed by atoms with van der Waals surface area (Å²) in [6.45, 7) is 2.22. The van der Waals surface area contributed by atoms with Gasteiger partial charge in [0.1, 0.15) is 11.6 Å². The number of carbonyl (C=O) groups is 1. The lowest BCUT2D eigenvalue weighted by Gasteiger charge is -2.14. The van der Waals surface area contributed by atoms with Crippen LogP contribution in [0.3, 0.4) is 0 Å². The van der Waals surface area contributed by atoms with Gasteiger partial charge in [0.15, 0.2) is 0 Å². The Kier molecular flexibility index (Phi) is 5.53. The van der Waals surface area contributed by atoms with Crippen molar-refractivity contribution in [1.82, 2.24) is 20.2 Å². The predicted octanol–water partition coefficient (Wildman–Crippen LogP) is 4.00. The Bertz CT molecular complexity index is 997. The van der Waals surface area contributed by atoms with Gasteiger partial charge in [-0.05, 0) is 36.8 Å². The maximum absolute atomic E-state index is 13.1. The number of halogens is 4. The first-order valence-electron chi connectivity index (χ1n) is 8.55. The smallest absolute Gasteiger partial charge is 0.336 e. The quantitative estimate of drug-likeness (QED) is 0.643. The number of para-hydroxylation sites is 2. The van der Waals surface area contributed by atoms with Gasteiger partial charge >= 0.3 is 12.2 Å². The van der Waals surface area contributed by atoms with E-state index in [1.54, 1.807) is 0 Å². The average molecular weight is 394 g/mol. The van der Waals surface area contributed by atoms with Crippen LogP contribution in [0.1, 0.15) is 17.0 Å². The molecule has 0 atom stereocenters. The summed E-state index contributed by atoms with van der Waals surface area (Å²) >= 11 is 0. The highest BCUT2D eigenvalue weighted by Gasteiger charge is 2.33. The van der Waals surface area contributed by atoms with Gasteiger partial charge in [0.2, 0.25) is 0 Å². The summed E-state index contributed by atoms with van der Waals surface area (Å²) in [5, 5.41) is 4.96. The zero-order valence-electron chi connectivity index (χ0n) is 15.0. The highest BCUT2D eigenvalue weighted by molar-refractivity contribution is 5.76. The number of nitrogens with one attached hydrogen (secondary N) is 2. The van der Waals surface area contributed by atoms with Crippen LogP contribution in [-0.4, -0.2) is 22.1 Å². The molecule has 1 aromatic heterocycles. The van der Waals surface area contributed by atoms with E-state index < -0.39 is 23.6 Å². The van der Waals surface area contributed by atoms with Crippen molar-refractivity contribution in [3.05, 3.63) is 65.2 Å². The maximum Gasteiger partial charge on any atom is 0.416 e. The summed E-state index contributed by atoms with van der Waals surface area (Å²) in [7, 11) is 0. The summed E-state index contributed by atoms with van der Waals surface area (Å²) in [6.07, 6.45) is -4.70. The Morgan fingerprint density at radius 2 is 1.89 bits per heavy atom. The van der Waals surface area contributed by atoms with Gasteiger partial charge < -0.3 is 15.2 Å². The molecule has 0 fully saturated rings. The fourth-order valence-corrected chi connectivity index (χ4v) is 2.96. The Morgan fingerprint density at radius 1 is 1.14 bits per heavy atom. The molecule has 0 aliphatic heterocycles. The third-order valence-corrected chi connectivity index (χ3v) is 4.28. The third-order valence-electron chi connectivity index (χ3n) is 4.28. The van der Waals surface area contributed by atoms with Crippen LogP contribution in [0.25, 0.3) is 11.0 Å². The van der Waals surface area contributed by atoms with E-state index in [4.69, 9.17) is 0 Å². The molecule has 0 saturated heterocycles. The van der Waals surface area contributed by atoms with Crippen LogP contribution in [0, 0.1) is 12.7 Å². The number of alkyl halides is 3. The zero-order chi connectivity index (χ0) is 20.3. The van der Waals surface area contributed by atoms with Gasteiger partial charge in [-0.15, -0.1) is 0 Å². The molecule has 0 aliphatic carbocycles. The van der Waals surface area contributed by atoms with E-state index in [0.29, 0.717) is 12.6 Å². The first-order valence-corrected chi connectivity index (χ1v) is 8.55. The van der Waals surface area contributed by atoms with E-state index in [0.717, 1.165) is 29.0 Å². The number of amides is 2. The van der Waals surface area contributed by atoms with Crippen LogP contribution in [-0.2, 0) is 19.3 Å². The molecule has 2 N–H and O–H groups in total. The minimum Gasteiger partial charge on any atom is -0.336 e. The molecule has 0 saturated carbocycles. The van der Waals surface area contributed by atoms with Gasteiger partial charge in [0.05, 0.1) is 16.6 Å². The van der Waals surface area contributed by atoms with E-state index in [-0.39, 0.29) is 18.7 Å². The largest absolute Gasteiger partial charge is 0.416 e. The first-order chi connectivity index (χ1) is 13.3. The molecule has 9 heteroatoms. The third kappa shape index (κ3) is 4.41. The molecule has 3 aromatic rings. The highest BCUT2D eigenvalue weighted by atomic mass is 19.4. The first kappa shape index (κ1) is 19.7. The molecule has 28 heavy (non-hydrogen) atoms. The number of carbonyl (C=O) groups excluding carboxylic acids is 1. The minimum absolute atomic E-state index is 0.208. The Hall–Kier alpha value is -3.10. The minimum atomic E-state index is -4.70. The topological polar surface area (TPSA) is 59.0 Å². The summed E-state index contributed by atoms with van der Waals surface area (Å²) in [4.78, 5) is 16.3. The second-order valence-corrected chi connectivity index (χ2v) is 6.21. The molecule has 0 radical (unpaired) electrons. The number of hydrogen-bond acceptors (Lipinski definition) is 2. The average Bonchev–Trinajstić information content (AvgIpc) is 2.95. The lowest BCUT2D eigenvalue weighted by molar-refractivity contribution is -0.138. The molecule has 0 spiro atoms. The SMILES string of the molecule is Cc1nc2ccccc2n1CCNC(=O)NCc1ccc(F)cc1C(F)(F)F. The molecule has 2 amide bonds. The molecule has 0 bridgehead atoms. The second-order valence-electron chi connectivity index (χ2n) is 6.21. The van der Waals surface area contributed by atoms with Crippen LogP contribution in [0.15, 0.2) is 42.5 Å². The number of aromatic nitrogens is 2. The van der Waals surface area contributed by atoms with E-state index in [1.807, 2.05) is 35.8 Å². The summed E-state index contributed by atoms with van der Waals surface area (Å²) in [5.74, 6) is -0.187. The summed E-state index contributed by atoms with van der Waals surface area (Å²) in [6, 6.07) is 9.33. The Balaban J connectivity index is 1.56. The normalized spacial score (nSPS) is 11.6. The van der Waals surface area contributed by atoms with E-state index in [9.17, 15) is 22.4 Å². The fraction of sp³-hybridized carbons (Fsp3) is 0.263. The van der Waals surface area contributed by atoms with E-state index in [2.05, 4.69) is 15.6 Å². The lowest BCUT2D eigenvalue weighted by atomic mass is 10.1. The molecular weight excluding hydrogens is 376 g/mol. The maximum atomic E-state index is 13.1. The van der Waals surface area contributed by atoms with Crippen molar-refractivity contribution in [1.29, 1.82) is 0 Å². The van der Waals surface area contributed by atoms with Gasteiger partial charge in [-0.3, -0.25) is 0 Å². The fourth-order valence-electron chi connectivity index (χ4n) is 2.96. The van der Waals surface area contributed by atoms with E-state index in [1.165, 1.54) is 0 Å². The number of nitrogens with zero attached hydrogens (tertiary/aromatic N) is 2. The highest BCUT2D eigenvalue weighted by Crippen LogP contribution is 2.32. The molecule has 1 heterocycles. The second kappa shape index (κ2) is 7.87. The number of rotatable bonds is 5. The molecule has 148 valence electrons. The van der Waals surface area contributed by atoms with Crippen molar-refractivity contribution in [2.24, 2.45) is 0 Å². The number of fused-ring (bicyclic) bond motifs is 1. The number of hydrogen-bond donors (Lipinski definition) is 2. The number of imidazole rings is 1.